The SMILES string of the molecule is CC(C)(C)c1ccc(C(O)(c2ccc(C(C)(C)C)cc2)[C@@H]2CCCN2)cc1.O=S(=O)(O)O. The van der Waals surface area contributed by atoms with Gasteiger partial charge in [0.25, 0.3) is 0 Å². The summed E-state index contributed by atoms with van der Waals surface area (Å²) in [4.78, 5) is 0. The van der Waals surface area contributed by atoms with E-state index in [1.165, 1.54) is 11.1 Å². The van der Waals surface area contributed by atoms with E-state index < -0.39 is 16.0 Å². The summed E-state index contributed by atoms with van der Waals surface area (Å²) >= 11 is 0. The van der Waals surface area contributed by atoms with Crippen molar-refractivity contribution in [2.24, 2.45) is 0 Å². The Morgan fingerprint density at radius 1 is 0.750 bits per heavy atom. The summed E-state index contributed by atoms with van der Waals surface area (Å²) in [6.45, 7) is 14.3. The van der Waals surface area contributed by atoms with E-state index in [0.29, 0.717) is 0 Å². The van der Waals surface area contributed by atoms with Gasteiger partial charge in [0.15, 0.2) is 0 Å². The zero-order valence-electron chi connectivity index (χ0n) is 19.9. The first-order valence-electron chi connectivity index (χ1n) is 10.9. The Hall–Kier alpha value is -1.77. The maximum Gasteiger partial charge on any atom is 0.394 e. The Kier molecular flexibility index (Phi) is 7.95. The standard InChI is InChI=1S/C25H35NO.H2O4S/c1-23(2,3)18-9-13-20(14-10-18)25(27,22-8-7-17-26-22)21-15-11-19(12-16-21)24(4,5)6;1-5(2,3)4/h9-16,22,26-27H,7-8,17H2,1-6H3;(H2,1,2,3,4)/t22-;/m0./s1. The first-order chi connectivity index (χ1) is 14.5. The van der Waals surface area contributed by atoms with Crippen molar-refractivity contribution in [2.75, 3.05) is 6.54 Å². The number of nitrogens with one attached hydrogen (secondary N) is 1. The normalized spacial score (nSPS) is 17.6. The summed E-state index contributed by atoms with van der Waals surface area (Å²) in [5.74, 6) is 0. The average Bonchev–Trinajstić information content (AvgIpc) is 3.20. The third-order valence-electron chi connectivity index (χ3n) is 5.95. The maximum absolute atomic E-state index is 12.0. The molecule has 2 aromatic rings. The van der Waals surface area contributed by atoms with Gasteiger partial charge in [0.2, 0.25) is 0 Å². The van der Waals surface area contributed by atoms with E-state index >= 15 is 0 Å². The second-order valence-electron chi connectivity index (χ2n) is 10.5. The zero-order chi connectivity index (χ0) is 24.4. The third-order valence-corrected chi connectivity index (χ3v) is 5.95. The van der Waals surface area contributed by atoms with Crippen molar-refractivity contribution in [3.63, 3.8) is 0 Å². The van der Waals surface area contributed by atoms with Crippen molar-refractivity contribution < 1.29 is 22.6 Å². The number of rotatable bonds is 3. The first-order valence-corrected chi connectivity index (χ1v) is 12.3. The van der Waals surface area contributed by atoms with E-state index in [1.807, 2.05) is 0 Å². The molecule has 0 spiro atoms. The third kappa shape index (κ3) is 6.86. The number of aliphatic hydroxyl groups is 1. The van der Waals surface area contributed by atoms with Crippen molar-refractivity contribution >= 4 is 10.4 Å². The second-order valence-corrected chi connectivity index (χ2v) is 11.4. The van der Waals surface area contributed by atoms with Crippen LogP contribution in [0.3, 0.4) is 0 Å². The monoisotopic (exact) mass is 463 g/mol. The van der Waals surface area contributed by atoms with Gasteiger partial charge >= 0.3 is 10.4 Å². The van der Waals surface area contributed by atoms with Crippen molar-refractivity contribution in [1.82, 2.24) is 5.32 Å². The zero-order valence-corrected chi connectivity index (χ0v) is 20.7. The molecule has 4 N–H and O–H groups in total. The van der Waals surface area contributed by atoms with E-state index in [-0.39, 0.29) is 16.9 Å². The Bertz CT molecular complexity index is 913. The van der Waals surface area contributed by atoms with Crippen LogP contribution >= 0.6 is 0 Å². The number of hydrogen-bond donors (Lipinski definition) is 4. The van der Waals surface area contributed by atoms with Crippen molar-refractivity contribution in [1.29, 1.82) is 0 Å². The fraction of sp³-hybridized carbons (Fsp3) is 0.520. The van der Waals surface area contributed by atoms with Crippen LogP contribution in [0.1, 0.15) is 76.6 Å². The molecule has 0 aliphatic carbocycles. The Morgan fingerprint density at radius 3 is 1.31 bits per heavy atom. The van der Waals surface area contributed by atoms with Gasteiger partial charge in [-0.15, -0.1) is 0 Å². The van der Waals surface area contributed by atoms with Gasteiger partial charge in [0.1, 0.15) is 5.60 Å². The summed E-state index contributed by atoms with van der Waals surface area (Å²) in [5, 5.41) is 15.5. The molecule has 32 heavy (non-hydrogen) atoms. The van der Waals surface area contributed by atoms with Crippen molar-refractivity contribution in [2.45, 2.75) is 76.9 Å². The molecule has 1 aliphatic heterocycles. The van der Waals surface area contributed by atoms with Crippen molar-refractivity contribution in [3.05, 3.63) is 70.8 Å². The molecule has 0 radical (unpaired) electrons. The molecule has 1 atom stereocenters. The molecule has 6 nitrogen and oxygen atoms in total. The fourth-order valence-electron chi connectivity index (χ4n) is 4.06. The smallest absolute Gasteiger partial charge is 0.379 e. The minimum absolute atomic E-state index is 0.0403. The molecule has 1 heterocycles. The lowest BCUT2D eigenvalue weighted by Crippen LogP contribution is -2.46. The van der Waals surface area contributed by atoms with Gasteiger partial charge in [0.05, 0.1) is 0 Å². The minimum Gasteiger partial charge on any atom is -0.379 e. The molecule has 1 fully saturated rings. The van der Waals surface area contributed by atoms with E-state index in [4.69, 9.17) is 17.5 Å². The molecule has 3 rings (SSSR count). The van der Waals surface area contributed by atoms with Gasteiger partial charge in [-0.05, 0) is 52.5 Å². The quantitative estimate of drug-likeness (QED) is 0.495. The van der Waals surface area contributed by atoms with Crippen molar-refractivity contribution in [3.8, 4) is 0 Å². The predicted molar refractivity (Wildman–Crippen MR) is 128 cm³/mol. The highest BCUT2D eigenvalue weighted by atomic mass is 32.3. The van der Waals surface area contributed by atoms with Crippen LogP contribution in [-0.4, -0.2) is 35.2 Å². The summed E-state index contributed by atoms with van der Waals surface area (Å²) in [5.41, 5.74) is 3.72. The van der Waals surface area contributed by atoms with Crippen LogP contribution in [0.25, 0.3) is 0 Å². The predicted octanol–water partition coefficient (Wildman–Crippen LogP) is 4.62. The van der Waals surface area contributed by atoms with E-state index in [1.54, 1.807) is 0 Å². The second kappa shape index (κ2) is 9.61. The maximum atomic E-state index is 12.0. The van der Waals surface area contributed by atoms with Gasteiger partial charge < -0.3 is 10.4 Å². The van der Waals surface area contributed by atoms with Gasteiger partial charge in [-0.1, -0.05) is 90.1 Å². The highest BCUT2D eigenvalue weighted by Crippen LogP contribution is 2.38. The molecular formula is C25H37NO5S. The van der Waals surface area contributed by atoms with Crippen LogP contribution in [0.5, 0.6) is 0 Å². The molecule has 0 aromatic heterocycles. The largest absolute Gasteiger partial charge is 0.394 e. The van der Waals surface area contributed by atoms with Gasteiger partial charge in [-0.3, -0.25) is 9.11 Å². The van der Waals surface area contributed by atoms with Crippen LogP contribution in [0, 0.1) is 0 Å². The lowest BCUT2D eigenvalue weighted by Gasteiger charge is -2.36. The van der Waals surface area contributed by atoms with Crippen LogP contribution in [-0.2, 0) is 26.8 Å². The molecular weight excluding hydrogens is 426 g/mol. The van der Waals surface area contributed by atoms with Gasteiger partial charge in [-0.2, -0.15) is 8.42 Å². The molecule has 7 heteroatoms. The first kappa shape index (κ1) is 26.5. The molecule has 0 amide bonds. The number of hydrogen-bond acceptors (Lipinski definition) is 4. The number of benzene rings is 2. The Labute approximate surface area is 192 Å². The van der Waals surface area contributed by atoms with Crippen LogP contribution < -0.4 is 5.32 Å². The minimum atomic E-state index is -4.67. The van der Waals surface area contributed by atoms with Crippen LogP contribution in [0.2, 0.25) is 0 Å². The highest BCUT2D eigenvalue weighted by molar-refractivity contribution is 7.79. The molecule has 1 saturated heterocycles. The summed E-state index contributed by atoms with van der Waals surface area (Å²) in [6.07, 6.45) is 2.09. The highest BCUT2D eigenvalue weighted by Gasteiger charge is 2.41. The summed E-state index contributed by atoms with van der Waals surface area (Å²) < 4.78 is 31.6. The molecule has 178 valence electrons. The topological polar surface area (TPSA) is 107 Å². The Morgan fingerprint density at radius 2 is 1.06 bits per heavy atom. The lowest BCUT2D eigenvalue weighted by molar-refractivity contribution is 0.0442. The Balaban J connectivity index is 0.000000654. The van der Waals surface area contributed by atoms with E-state index in [0.717, 1.165) is 30.5 Å². The summed E-state index contributed by atoms with van der Waals surface area (Å²) in [6, 6.07) is 17.1. The summed E-state index contributed by atoms with van der Waals surface area (Å²) in [7, 11) is -4.67. The lowest BCUT2D eigenvalue weighted by atomic mass is 9.77. The molecule has 0 bridgehead atoms. The van der Waals surface area contributed by atoms with Gasteiger partial charge in [-0.25, -0.2) is 0 Å². The van der Waals surface area contributed by atoms with Gasteiger partial charge in [0, 0.05) is 6.04 Å². The molecule has 0 saturated carbocycles. The molecule has 1 aliphatic rings. The van der Waals surface area contributed by atoms with E-state index in [2.05, 4.69) is 95.4 Å². The molecule has 0 unspecified atom stereocenters. The van der Waals surface area contributed by atoms with Crippen LogP contribution in [0.15, 0.2) is 48.5 Å². The average molecular weight is 464 g/mol. The van der Waals surface area contributed by atoms with Crippen LogP contribution in [0.4, 0.5) is 0 Å². The molecule has 2 aromatic carbocycles. The van der Waals surface area contributed by atoms with E-state index in [9.17, 15) is 5.11 Å². The fourth-order valence-corrected chi connectivity index (χ4v) is 4.06.